The highest BCUT2D eigenvalue weighted by Crippen LogP contribution is 2.52. The summed E-state index contributed by atoms with van der Waals surface area (Å²) in [5.74, 6) is 1.70. The minimum Gasteiger partial charge on any atom is -0.455 e. The SMILES string of the molecule is c1ccc(-c2oc(-c3ccc4ccc5cccc6ccc3c4c56)c(-c3ccccc3)c2-c2ccc(-c3ccc4ccc5cccnc5c4n3)c3ccccc23)cc1. The molecule has 0 saturated heterocycles. The van der Waals surface area contributed by atoms with Crippen LogP contribution in [-0.2, 0) is 0 Å². The summed E-state index contributed by atoms with van der Waals surface area (Å²) in [6.45, 7) is 0. The molecule has 0 aliphatic rings. The Morgan fingerprint density at radius 2 is 0.912 bits per heavy atom. The molecule has 0 atom stereocenters. The van der Waals surface area contributed by atoms with Crippen LogP contribution in [0.2, 0.25) is 0 Å². The molecule has 0 bridgehead atoms. The second-order valence-corrected chi connectivity index (χ2v) is 14.8. The molecule has 0 unspecified atom stereocenters. The van der Waals surface area contributed by atoms with Gasteiger partial charge in [0.1, 0.15) is 11.5 Å². The van der Waals surface area contributed by atoms with Gasteiger partial charge in [-0.2, -0.15) is 0 Å². The van der Waals surface area contributed by atoms with Gasteiger partial charge in [-0.15, -0.1) is 0 Å². The van der Waals surface area contributed by atoms with Crippen LogP contribution in [0.5, 0.6) is 0 Å². The summed E-state index contributed by atoms with van der Waals surface area (Å²) in [6, 6.07) is 67.2. The van der Waals surface area contributed by atoms with Crippen molar-refractivity contribution in [3.05, 3.63) is 194 Å². The zero-order valence-electron chi connectivity index (χ0n) is 30.8. The van der Waals surface area contributed by atoms with Gasteiger partial charge in [0.15, 0.2) is 0 Å². The third-order valence-corrected chi connectivity index (χ3v) is 11.7. The van der Waals surface area contributed by atoms with Crippen LogP contribution >= 0.6 is 0 Å². The van der Waals surface area contributed by atoms with Gasteiger partial charge in [0.05, 0.1) is 16.7 Å². The van der Waals surface area contributed by atoms with Gasteiger partial charge in [0.2, 0.25) is 0 Å². The number of benzene rings is 9. The molecule has 0 aliphatic heterocycles. The number of rotatable bonds is 5. The molecule has 12 rings (SSSR count). The van der Waals surface area contributed by atoms with E-state index in [0.29, 0.717) is 0 Å². The Labute approximate surface area is 328 Å². The Hall–Kier alpha value is -7.62. The van der Waals surface area contributed by atoms with Gasteiger partial charge in [0.25, 0.3) is 0 Å². The van der Waals surface area contributed by atoms with Crippen molar-refractivity contribution < 1.29 is 4.42 Å². The molecule has 3 aromatic heterocycles. The van der Waals surface area contributed by atoms with Crippen LogP contribution in [0.25, 0.3) is 121 Å². The van der Waals surface area contributed by atoms with Crippen molar-refractivity contribution in [2.75, 3.05) is 0 Å². The van der Waals surface area contributed by atoms with E-state index < -0.39 is 0 Å². The van der Waals surface area contributed by atoms with E-state index in [0.717, 1.165) is 88.7 Å². The van der Waals surface area contributed by atoms with Crippen LogP contribution in [0.1, 0.15) is 0 Å². The van der Waals surface area contributed by atoms with Gasteiger partial charge in [-0.3, -0.25) is 4.98 Å². The first-order valence-electron chi connectivity index (χ1n) is 19.4. The van der Waals surface area contributed by atoms with E-state index in [2.05, 4.69) is 182 Å². The number of pyridine rings is 2. The fourth-order valence-electron chi connectivity index (χ4n) is 9.10. The van der Waals surface area contributed by atoms with E-state index in [-0.39, 0.29) is 0 Å². The maximum absolute atomic E-state index is 7.35. The first kappa shape index (κ1) is 31.7. The first-order chi connectivity index (χ1) is 28.3. The summed E-state index contributed by atoms with van der Waals surface area (Å²) in [5.41, 5.74) is 10.2. The minimum absolute atomic E-state index is 0.842. The molecule has 0 radical (unpaired) electrons. The normalized spacial score (nSPS) is 11.9. The molecular weight excluding hydrogens is 693 g/mol. The highest BCUT2D eigenvalue weighted by Gasteiger charge is 2.28. The number of furan rings is 1. The summed E-state index contributed by atoms with van der Waals surface area (Å²) >= 11 is 0. The van der Waals surface area contributed by atoms with Crippen molar-refractivity contribution in [1.29, 1.82) is 0 Å². The van der Waals surface area contributed by atoms with Crippen LogP contribution in [0.3, 0.4) is 0 Å². The summed E-state index contributed by atoms with van der Waals surface area (Å²) in [6.07, 6.45) is 1.84. The molecule has 0 saturated carbocycles. The molecule has 0 fully saturated rings. The Balaban J connectivity index is 1.16. The van der Waals surface area contributed by atoms with Crippen molar-refractivity contribution >= 4 is 64.9 Å². The Kier molecular flexibility index (Phi) is 6.93. The second kappa shape index (κ2) is 12.5. The molecule has 57 heavy (non-hydrogen) atoms. The molecule has 0 aliphatic carbocycles. The first-order valence-corrected chi connectivity index (χ1v) is 19.4. The zero-order chi connectivity index (χ0) is 37.5. The van der Waals surface area contributed by atoms with Crippen molar-refractivity contribution in [1.82, 2.24) is 9.97 Å². The highest BCUT2D eigenvalue weighted by molar-refractivity contribution is 6.26. The average molecular weight is 725 g/mol. The quantitative estimate of drug-likeness (QED) is 0.166. The minimum atomic E-state index is 0.842. The van der Waals surface area contributed by atoms with Gasteiger partial charge < -0.3 is 4.42 Å². The number of hydrogen-bond acceptors (Lipinski definition) is 3. The molecule has 3 heteroatoms. The van der Waals surface area contributed by atoms with Crippen molar-refractivity contribution in [3.63, 3.8) is 0 Å². The van der Waals surface area contributed by atoms with E-state index in [1.807, 2.05) is 12.3 Å². The van der Waals surface area contributed by atoms with Crippen LogP contribution in [0.4, 0.5) is 0 Å². The molecule has 12 aromatic rings. The molecule has 0 N–H and O–H groups in total. The molecule has 3 nitrogen and oxygen atoms in total. The lowest BCUT2D eigenvalue weighted by atomic mass is 9.86. The Bertz CT molecular complexity index is 3500. The fourth-order valence-corrected chi connectivity index (χ4v) is 9.10. The molecule has 9 aromatic carbocycles. The van der Waals surface area contributed by atoms with Crippen molar-refractivity contribution in [2.24, 2.45) is 0 Å². The number of aromatic nitrogens is 2. The summed E-state index contributed by atoms with van der Waals surface area (Å²) in [5, 5.41) is 11.9. The molecule has 3 heterocycles. The monoisotopic (exact) mass is 724 g/mol. The molecule has 264 valence electrons. The third-order valence-electron chi connectivity index (χ3n) is 11.7. The van der Waals surface area contributed by atoms with Crippen LogP contribution < -0.4 is 0 Å². The van der Waals surface area contributed by atoms with E-state index >= 15 is 0 Å². The van der Waals surface area contributed by atoms with E-state index in [4.69, 9.17) is 14.4 Å². The summed E-state index contributed by atoms with van der Waals surface area (Å²) < 4.78 is 7.35. The lowest BCUT2D eigenvalue weighted by Gasteiger charge is -2.15. The standard InChI is InChI=1S/C54H32N2O/c1-3-11-33(12-4-1)49-50(43-30-29-42(40-18-7-8-19-41(40)43)46-31-26-38-23-22-37-17-10-32-55-51(37)52(38)56-46)53(39-13-5-2-6-14-39)57-54(49)45-28-25-36-21-20-34-15-9-16-35-24-27-44(45)48(36)47(34)35/h1-32H. The van der Waals surface area contributed by atoms with Gasteiger partial charge in [-0.1, -0.05) is 170 Å². The van der Waals surface area contributed by atoms with Crippen LogP contribution in [0.15, 0.2) is 199 Å². The Morgan fingerprint density at radius 1 is 0.333 bits per heavy atom. The van der Waals surface area contributed by atoms with Gasteiger partial charge >= 0.3 is 0 Å². The lowest BCUT2D eigenvalue weighted by molar-refractivity contribution is 0.599. The number of hydrogen-bond donors (Lipinski definition) is 0. The molecular formula is C54H32N2O. The van der Waals surface area contributed by atoms with Gasteiger partial charge in [-0.05, 0) is 72.4 Å². The van der Waals surface area contributed by atoms with Crippen molar-refractivity contribution in [3.8, 4) is 56.2 Å². The Morgan fingerprint density at radius 3 is 1.70 bits per heavy atom. The lowest BCUT2D eigenvalue weighted by Crippen LogP contribution is -1.92. The third kappa shape index (κ3) is 4.86. The maximum Gasteiger partial charge on any atom is 0.143 e. The number of nitrogens with zero attached hydrogens (tertiary/aromatic N) is 2. The molecule has 0 spiro atoms. The maximum atomic E-state index is 7.35. The summed E-state index contributed by atoms with van der Waals surface area (Å²) in [7, 11) is 0. The van der Waals surface area contributed by atoms with E-state index in [9.17, 15) is 0 Å². The van der Waals surface area contributed by atoms with Crippen LogP contribution in [-0.4, -0.2) is 9.97 Å². The van der Waals surface area contributed by atoms with E-state index in [1.165, 1.54) is 32.3 Å². The second-order valence-electron chi connectivity index (χ2n) is 14.8. The smallest absolute Gasteiger partial charge is 0.143 e. The molecule has 0 amide bonds. The van der Waals surface area contributed by atoms with E-state index in [1.54, 1.807) is 0 Å². The highest BCUT2D eigenvalue weighted by atomic mass is 16.3. The average Bonchev–Trinajstić information content (AvgIpc) is 3.68. The largest absolute Gasteiger partial charge is 0.455 e. The number of fused-ring (bicyclic) bond motifs is 4. The van der Waals surface area contributed by atoms with Gasteiger partial charge in [-0.25, -0.2) is 4.98 Å². The van der Waals surface area contributed by atoms with Crippen molar-refractivity contribution in [2.45, 2.75) is 0 Å². The van der Waals surface area contributed by atoms with Gasteiger partial charge in [0, 0.05) is 44.8 Å². The zero-order valence-corrected chi connectivity index (χ0v) is 30.8. The summed E-state index contributed by atoms with van der Waals surface area (Å²) in [4.78, 5) is 10.0. The van der Waals surface area contributed by atoms with Crippen LogP contribution in [0, 0.1) is 0 Å². The topological polar surface area (TPSA) is 38.9 Å². The predicted octanol–water partition coefficient (Wildman–Crippen LogP) is 14.8. The predicted molar refractivity (Wildman–Crippen MR) is 238 cm³/mol. The fraction of sp³-hybridized carbons (Fsp3) is 0.